The van der Waals surface area contributed by atoms with E-state index in [2.05, 4.69) is 15.9 Å². The van der Waals surface area contributed by atoms with Crippen molar-refractivity contribution >= 4 is 33.1 Å². The lowest BCUT2D eigenvalue weighted by Gasteiger charge is -2.08. The Morgan fingerprint density at radius 1 is 1.15 bits per heavy atom. The van der Waals surface area contributed by atoms with Crippen LogP contribution >= 0.6 is 28.1 Å². The number of rotatable bonds is 5. The minimum absolute atomic E-state index is 0.179. The predicted octanol–water partition coefficient (Wildman–Crippen LogP) is 3.94. The van der Waals surface area contributed by atoms with Gasteiger partial charge in [-0.1, -0.05) is 40.3 Å². The molecule has 20 heavy (non-hydrogen) atoms. The van der Waals surface area contributed by atoms with Gasteiger partial charge in [0.05, 0.1) is 13.2 Å². The smallest absolute Gasteiger partial charge is 0.128 e. The number of halogens is 2. The fourth-order valence-electron chi connectivity index (χ4n) is 1.70. The lowest BCUT2D eigenvalue weighted by Crippen LogP contribution is -2.10. The molecule has 0 heterocycles. The minimum Gasteiger partial charge on any atom is -0.389 e. The van der Waals surface area contributed by atoms with Crippen molar-refractivity contribution in [3.8, 4) is 0 Å². The molecule has 0 bridgehead atoms. The summed E-state index contributed by atoms with van der Waals surface area (Å²) in [7, 11) is 0. The van der Waals surface area contributed by atoms with Gasteiger partial charge in [0, 0.05) is 15.6 Å². The monoisotopic (exact) mass is 353 g/mol. The van der Waals surface area contributed by atoms with Gasteiger partial charge < -0.3 is 10.5 Å². The molecule has 2 aromatic carbocycles. The number of hydrogen-bond acceptors (Lipinski definition) is 2. The minimum atomic E-state index is -0.319. The molecular formula is C15H13BrFNOS. The van der Waals surface area contributed by atoms with Crippen LogP contribution in [0.2, 0.25) is 0 Å². The predicted molar refractivity (Wildman–Crippen MR) is 84.9 cm³/mol. The molecule has 2 rings (SSSR count). The Labute approximate surface area is 130 Å². The lowest BCUT2D eigenvalue weighted by molar-refractivity contribution is 0.105. The van der Waals surface area contributed by atoms with Crippen LogP contribution in [0.4, 0.5) is 4.39 Å². The van der Waals surface area contributed by atoms with Crippen molar-refractivity contribution in [2.75, 3.05) is 0 Å². The number of ether oxygens (including phenoxy) is 1. The molecule has 0 aromatic heterocycles. The first kappa shape index (κ1) is 15.1. The SMILES string of the molecule is NC(=S)c1ccc(F)c(COCc2ccc(Br)cc2)c1. The van der Waals surface area contributed by atoms with E-state index in [1.54, 1.807) is 12.1 Å². The molecular weight excluding hydrogens is 341 g/mol. The molecule has 0 saturated carbocycles. The van der Waals surface area contributed by atoms with Gasteiger partial charge in [-0.25, -0.2) is 4.39 Å². The highest BCUT2D eigenvalue weighted by atomic mass is 79.9. The molecule has 0 unspecified atom stereocenters. The average Bonchev–Trinajstić information content (AvgIpc) is 2.43. The maximum atomic E-state index is 13.6. The molecule has 0 saturated heterocycles. The molecule has 0 fully saturated rings. The first-order chi connectivity index (χ1) is 9.56. The van der Waals surface area contributed by atoms with Crippen LogP contribution in [-0.2, 0) is 18.0 Å². The second kappa shape index (κ2) is 6.92. The zero-order valence-electron chi connectivity index (χ0n) is 10.6. The number of hydrogen-bond donors (Lipinski definition) is 1. The van der Waals surface area contributed by atoms with Gasteiger partial charge in [-0.3, -0.25) is 0 Å². The van der Waals surface area contributed by atoms with Crippen LogP contribution in [0.25, 0.3) is 0 Å². The fraction of sp³-hybridized carbons (Fsp3) is 0.133. The quantitative estimate of drug-likeness (QED) is 0.826. The molecule has 0 spiro atoms. The lowest BCUT2D eigenvalue weighted by atomic mass is 10.1. The number of nitrogens with two attached hydrogens (primary N) is 1. The van der Waals surface area contributed by atoms with Crippen LogP contribution < -0.4 is 5.73 Å². The highest BCUT2D eigenvalue weighted by Crippen LogP contribution is 2.14. The van der Waals surface area contributed by atoms with Gasteiger partial charge in [0.15, 0.2) is 0 Å². The van der Waals surface area contributed by atoms with Crippen molar-refractivity contribution in [1.82, 2.24) is 0 Å². The van der Waals surface area contributed by atoms with Crippen LogP contribution in [0.15, 0.2) is 46.9 Å². The van der Waals surface area contributed by atoms with Crippen molar-refractivity contribution in [2.24, 2.45) is 5.73 Å². The normalized spacial score (nSPS) is 10.5. The van der Waals surface area contributed by atoms with E-state index >= 15 is 0 Å². The molecule has 2 aromatic rings. The standard InChI is InChI=1S/C15H13BrFNOS/c16-13-4-1-10(2-5-13)8-19-9-12-7-11(15(18)20)3-6-14(12)17/h1-7H,8-9H2,(H2,18,20). The Morgan fingerprint density at radius 2 is 1.85 bits per heavy atom. The van der Waals surface area contributed by atoms with Gasteiger partial charge in [-0.2, -0.15) is 0 Å². The van der Waals surface area contributed by atoms with Crippen LogP contribution in [0.3, 0.4) is 0 Å². The summed E-state index contributed by atoms with van der Waals surface area (Å²) in [4.78, 5) is 0.249. The van der Waals surface area contributed by atoms with E-state index in [0.717, 1.165) is 10.0 Å². The van der Waals surface area contributed by atoms with E-state index < -0.39 is 0 Å². The maximum Gasteiger partial charge on any atom is 0.128 e. The molecule has 104 valence electrons. The van der Waals surface area contributed by atoms with Crippen molar-refractivity contribution in [3.05, 3.63) is 69.4 Å². The van der Waals surface area contributed by atoms with Gasteiger partial charge in [-0.15, -0.1) is 0 Å². The Kier molecular flexibility index (Phi) is 5.23. The van der Waals surface area contributed by atoms with E-state index in [1.807, 2.05) is 24.3 Å². The molecule has 2 nitrogen and oxygen atoms in total. The second-order valence-corrected chi connectivity index (χ2v) is 5.65. The molecule has 0 aliphatic rings. The largest absolute Gasteiger partial charge is 0.389 e. The Bertz CT molecular complexity index is 616. The first-order valence-corrected chi connectivity index (χ1v) is 7.17. The molecule has 0 atom stereocenters. The fourth-order valence-corrected chi connectivity index (χ4v) is 2.09. The first-order valence-electron chi connectivity index (χ1n) is 5.96. The molecule has 2 N–H and O–H groups in total. The van der Waals surface area contributed by atoms with E-state index in [-0.39, 0.29) is 17.4 Å². The Morgan fingerprint density at radius 3 is 2.50 bits per heavy atom. The Balaban J connectivity index is 1.98. The van der Waals surface area contributed by atoms with E-state index in [4.69, 9.17) is 22.7 Å². The van der Waals surface area contributed by atoms with Gasteiger partial charge in [-0.05, 0) is 35.9 Å². The average molecular weight is 354 g/mol. The zero-order chi connectivity index (χ0) is 14.5. The van der Waals surface area contributed by atoms with E-state index in [9.17, 15) is 4.39 Å². The summed E-state index contributed by atoms with van der Waals surface area (Å²) in [6.07, 6.45) is 0. The summed E-state index contributed by atoms with van der Waals surface area (Å²) < 4.78 is 20.2. The third-order valence-corrected chi connectivity index (χ3v) is 3.53. The number of thiocarbonyl (C=S) groups is 1. The van der Waals surface area contributed by atoms with E-state index in [0.29, 0.717) is 17.7 Å². The zero-order valence-corrected chi connectivity index (χ0v) is 13.0. The third-order valence-electron chi connectivity index (χ3n) is 2.77. The van der Waals surface area contributed by atoms with Crippen LogP contribution in [-0.4, -0.2) is 4.99 Å². The summed E-state index contributed by atoms with van der Waals surface area (Å²) in [5.74, 6) is -0.319. The highest BCUT2D eigenvalue weighted by molar-refractivity contribution is 9.10. The van der Waals surface area contributed by atoms with Crippen LogP contribution in [0, 0.1) is 5.82 Å². The van der Waals surface area contributed by atoms with Crippen molar-refractivity contribution < 1.29 is 9.13 Å². The van der Waals surface area contributed by atoms with Gasteiger partial charge >= 0.3 is 0 Å². The maximum absolute atomic E-state index is 13.6. The van der Waals surface area contributed by atoms with Crippen LogP contribution in [0.5, 0.6) is 0 Å². The van der Waals surface area contributed by atoms with Gasteiger partial charge in [0.25, 0.3) is 0 Å². The highest BCUT2D eigenvalue weighted by Gasteiger charge is 2.05. The van der Waals surface area contributed by atoms with Gasteiger partial charge in [0.2, 0.25) is 0 Å². The Hall–Kier alpha value is -1.30. The molecule has 0 amide bonds. The summed E-state index contributed by atoms with van der Waals surface area (Å²) in [5.41, 5.74) is 7.65. The summed E-state index contributed by atoms with van der Waals surface area (Å²) in [6.45, 7) is 0.600. The van der Waals surface area contributed by atoms with Gasteiger partial charge in [0.1, 0.15) is 10.8 Å². The van der Waals surface area contributed by atoms with Crippen LogP contribution in [0.1, 0.15) is 16.7 Å². The van der Waals surface area contributed by atoms with E-state index in [1.165, 1.54) is 6.07 Å². The number of benzene rings is 2. The second-order valence-electron chi connectivity index (χ2n) is 4.29. The van der Waals surface area contributed by atoms with Crippen molar-refractivity contribution in [1.29, 1.82) is 0 Å². The summed E-state index contributed by atoms with van der Waals surface area (Å²) >= 11 is 8.24. The topological polar surface area (TPSA) is 35.2 Å². The van der Waals surface area contributed by atoms with Crippen molar-refractivity contribution in [2.45, 2.75) is 13.2 Å². The molecule has 0 aliphatic heterocycles. The summed E-state index contributed by atoms with van der Waals surface area (Å²) in [5, 5.41) is 0. The third kappa shape index (κ3) is 4.10. The molecule has 0 aliphatic carbocycles. The summed E-state index contributed by atoms with van der Waals surface area (Å²) in [6, 6.07) is 12.3. The molecule has 5 heteroatoms. The molecule has 0 radical (unpaired) electrons. The van der Waals surface area contributed by atoms with Crippen molar-refractivity contribution in [3.63, 3.8) is 0 Å².